The summed E-state index contributed by atoms with van der Waals surface area (Å²) in [7, 11) is 3.16. The van der Waals surface area contributed by atoms with Gasteiger partial charge in [0.15, 0.2) is 0 Å². The van der Waals surface area contributed by atoms with Crippen LogP contribution in [0, 0.1) is 0 Å². The number of nitrogens with zero attached hydrogens (tertiary/aromatic N) is 3. The van der Waals surface area contributed by atoms with E-state index in [0.717, 1.165) is 34.4 Å². The molecule has 9 nitrogen and oxygen atoms in total. The Morgan fingerprint density at radius 3 is 2.70 bits per heavy atom. The van der Waals surface area contributed by atoms with Crippen LogP contribution in [0.2, 0.25) is 0 Å². The molecule has 1 unspecified atom stereocenters. The lowest BCUT2D eigenvalue weighted by Crippen LogP contribution is -2.34. The number of pyridine rings is 1. The average Bonchev–Trinajstić information content (AvgIpc) is 2.87. The minimum Gasteiger partial charge on any atom is -0.481 e. The standard InChI is InChI=1S/C24H25N3O6/c1-29-21-6-5-19(23(25-21)30-2)15-3-4-18-16(11-15)7-8-27-20(18)12-22(26-24(27)28)33-14-17-13-31-9-10-32-17/h3-6,11-12,17H,7-10,13-14H2,1-2H3. The lowest BCUT2D eigenvalue weighted by Gasteiger charge is -2.24. The molecule has 9 heteroatoms. The lowest BCUT2D eigenvalue weighted by molar-refractivity contribution is -0.102. The van der Waals surface area contributed by atoms with Crippen molar-refractivity contribution in [1.82, 2.24) is 14.5 Å². The van der Waals surface area contributed by atoms with Crippen LogP contribution in [0.3, 0.4) is 0 Å². The van der Waals surface area contributed by atoms with Crippen LogP contribution in [0.1, 0.15) is 5.56 Å². The van der Waals surface area contributed by atoms with Crippen LogP contribution >= 0.6 is 0 Å². The first-order valence-corrected chi connectivity index (χ1v) is 10.8. The van der Waals surface area contributed by atoms with E-state index < -0.39 is 0 Å². The van der Waals surface area contributed by atoms with Gasteiger partial charge in [0.1, 0.15) is 12.7 Å². The van der Waals surface area contributed by atoms with Gasteiger partial charge in [0.05, 0.1) is 39.7 Å². The van der Waals surface area contributed by atoms with Crippen LogP contribution in [0.15, 0.2) is 41.2 Å². The second-order valence-electron chi connectivity index (χ2n) is 7.82. The molecule has 4 heterocycles. The molecular weight excluding hydrogens is 426 g/mol. The summed E-state index contributed by atoms with van der Waals surface area (Å²) in [5.41, 5.74) is 4.43. The van der Waals surface area contributed by atoms with E-state index in [0.29, 0.717) is 44.0 Å². The Morgan fingerprint density at radius 2 is 1.91 bits per heavy atom. The summed E-state index contributed by atoms with van der Waals surface area (Å²) in [6, 6.07) is 11.7. The van der Waals surface area contributed by atoms with Gasteiger partial charge in [-0.3, -0.25) is 4.57 Å². The Balaban J connectivity index is 1.45. The molecule has 0 bridgehead atoms. The van der Waals surface area contributed by atoms with E-state index in [1.165, 1.54) is 0 Å². The van der Waals surface area contributed by atoms with Gasteiger partial charge in [-0.2, -0.15) is 9.97 Å². The number of ether oxygens (including phenoxy) is 5. The molecule has 5 rings (SSSR count). The molecule has 0 saturated carbocycles. The van der Waals surface area contributed by atoms with E-state index in [-0.39, 0.29) is 18.4 Å². The Kier molecular flexibility index (Phi) is 5.97. The number of rotatable bonds is 6. The molecule has 2 aliphatic rings. The summed E-state index contributed by atoms with van der Waals surface area (Å²) in [6.07, 6.45) is 0.555. The second-order valence-corrected chi connectivity index (χ2v) is 7.82. The van der Waals surface area contributed by atoms with Gasteiger partial charge >= 0.3 is 5.69 Å². The van der Waals surface area contributed by atoms with Gasteiger partial charge in [0.25, 0.3) is 0 Å². The SMILES string of the molecule is COc1ccc(-c2ccc3c(c2)CCn2c-3cc(OCC3COCCO3)nc2=O)c(OC)n1. The number of benzene rings is 1. The predicted molar refractivity (Wildman–Crippen MR) is 120 cm³/mol. The Bertz CT molecular complexity index is 1220. The largest absolute Gasteiger partial charge is 0.481 e. The highest BCUT2D eigenvalue weighted by molar-refractivity contribution is 5.75. The molecule has 1 aromatic carbocycles. The first kappa shape index (κ1) is 21.4. The minimum atomic E-state index is -0.320. The van der Waals surface area contributed by atoms with Gasteiger partial charge in [0.2, 0.25) is 17.6 Å². The molecule has 0 N–H and O–H groups in total. The van der Waals surface area contributed by atoms with Crippen LogP contribution < -0.4 is 19.9 Å². The van der Waals surface area contributed by atoms with Crippen molar-refractivity contribution >= 4 is 0 Å². The predicted octanol–water partition coefficient (Wildman–Crippen LogP) is 2.34. The maximum Gasteiger partial charge on any atom is 0.351 e. The van der Waals surface area contributed by atoms with Crippen molar-refractivity contribution in [3.8, 4) is 40.0 Å². The zero-order valence-corrected chi connectivity index (χ0v) is 18.6. The van der Waals surface area contributed by atoms with Crippen LogP contribution in [-0.4, -0.2) is 61.3 Å². The summed E-state index contributed by atoms with van der Waals surface area (Å²) in [6.45, 7) is 2.44. The Hall–Kier alpha value is -3.43. The van der Waals surface area contributed by atoms with E-state index in [2.05, 4.69) is 16.0 Å². The third kappa shape index (κ3) is 4.29. The smallest absolute Gasteiger partial charge is 0.351 e. The molecule has 0 amide bonds. The van der Waals surface area contributed by atoms with Gasteiger partial charge in [-0.15, -0.1) is 0 Å². The average molecular weight is 451 g/mol. The quantitative estimate of drug-likeness (QED) is 0.564. The molecule has 1 saturated heterocycles. The number of aryl methyl sites for hydroxylation is 1. The molecule has 2 aliphatic heterocycles. The summed E-state index contributed by atoms with van der Waals surface area (Å²) < 4.78 is 29.1. The lowest BCUT2D eigenvalue weighted by atomic mass is 9.93. The van der Waals surface area contributed by atoms with E-state index >= 15 is 0 Å². The molecule has 33 heavy (non-hydrogen) atoms. The third-order valence-corrected chi connectivity index (χ3v) is 5.82. The highest BCUT2D eigenvalue weighted by Gasteiger charge is 2.22. The Morgan fingerprint density at radius 1 is 1.03 bits per heavy atom. The molecule has 172 valence electrons. The van der Waals surface area contributed by atoms with Crippen LogP contribution in [-0.2, 0) is 22.4 Å². The topological polar surface area (TPSA) is 93.9 Å². The summed E-state index contributed by atoms with van der Waals surface area (Å²) in [5.74, 6) is 1.28. The minimum absolute atomic E-state index is 0.165. The van der Waals surface area contributed by atoms with Crippen LogP contribution in [0.4, 0.5) is 0 Å². The molecule has 0 radical (unpaired) electrons. The van der Waals surface area contributed by atoms with Gasteiger partial charge in [-0.1, -0.05) is 18.2 Å². The van der Waals surface area contributed by atoms with Gasteiger partial charge in [0, 0.05) is 29.8 Å². The summed E-state index contributed by atoms with van der Waals surface area (Å²) in [5, 5.41) is 0. The fourth-order valence-corrected chi connectivity index (χ4v) is 4.17. The van der Waals surface area contributed by atoms with E-state index in [1.807, 2.05) is 30.3 Å². The van der Waals surface area contributed by atoms with Crippen molar-refractivity contribution in [2.24, 2.45) is 0 Å². The number of aromatic nitrogens is 3. The van der Waals surface area contributed by atoms with Gasteiger partial charge in [-0.05, 0) is 23.6 Å². The van der Waals surface area contributed by atoms with Crippen LogP contribution in [0.5, 0.6) is 17.6 Å². The van der Waals surface area contributed by atoms with Gasteiger partial charge in [-0.25, -0.2) is 4.79 Å². The molecule has 0 aliphatic carbocycles. The van der Waals surface area contributed by atoms with Crippen molar-refractivity contribution < 1.29 is 23.7 Å². The zero-order chi connectivity index (χ0) is 22.8. The Labute approximate surface area is 190 Å². The number of hydrogen-bond acceptors (Lipinski definition) is 8. The van der Waals surface area contributed by atoms with E-state index in [1.54, 1.807) is 18.8 Å². The number of hydrogen-bond donors (Lipinski definition) is 0. The maximum absolute atomic E-state index is 12.7. The molecule has 1 fully saturated rings. The first-order chi connectivity index (χ1) is 16.2. The maximum atomic E-state index is 12.7. The van der Waals surface area contributed by atoms with Gasteiger partial charge < -0.3 is 23.7 Å². The highest BCUT2D eigenvalue weighted by atomic mass is 16.6. The van der Waals surface area contributed by atoms with Crippen LogP contribution in [0.25, 0.3) is 22.4 Å². The third-order valence-electron chi connectivity index (χ3n) is 5.82. The zero-order valence-electron chi connectivity index (χ0n) is 18.6. The fraction of sp³-hybridized carbons (Fsp3) is 0.375. The normalized spacial score (nSPS) is 17.1. The van der Waals surface area contributed by atoms with E-state index in [9.17, 15) is 4.79 Å². The van der Waals surface area contributed by atoms with Crippen molar-refractivity contribution in [2.45, 2.75) is 19.1 Å². The molecule has 0 spiro atoms. The molecule has 2 aromatic heterocycles. The number of fused-ring (bicyclic) bond motifs is 3. The van der Waals surface area contributed by atoms with Crippen molar-refractivity contribution in [2.75, 3.05) is 40.6 Å². The highest BCUT2D eigenvalue weighted by Crippen LogP contribution is 2.36. The van der Waals surface area contributed by atoms with Crippen molar-refractivity contribution in [3.05, 3.63) is 52.4 Å². The van der Waals surface area contributed by atoms with Crippen molar-refractivity contribution in [1.29, 1.82) is 0 Å². The fourth-order valence-electron chi connectivity index (χ4n) is 4.17. The molecular formula is C24H25N3O6. The first-order valence-electron chi connectivity index (χ1n) is 10.8. The number of methoxy groups -OCH3 is 2. The second kappa shape index (κ2) is 9.21. The van der Waals surface area contributed by atoms with Crippen molar-refractivity contribution in [3.63, 3.8) is 0 Å². The van der Waals surface area contributed by atoms with E-state index in [4.69, 9.17) is 23.7 Å². The molecule has 3 aromatic rings. The molecule has 1 atom stereocenters. The summed E-state index contributed by atoms with van der Waals surface area (Å²) >= 11 is 0. The summed E-state index contributed by atoms with van der Waals surface area (Å²) in [4.78, 5) is 21.1. The monoisotopic (exact) mass is 451 g/mol.